The monoisotopic (exact) mass is 298 g/mol. The molecule has 0 atom stereocenters. The second kappa shape index (κ2) is 5.93. The summed E-state index contributed by atoms with van der Waals surface area (Å²) in [6, 6.07) is 6.12. The fourth-order valence-electron chi connectivity index (χ4n) is 2.33. The van der Waals surface area contributed by atoms with Gasteiger partial charge < -0.3 is 15.1 Å². The summed E-state index contributed by atoms with van der Waals surface area (Å²) in [4.78, 5) is 21.4. The highest BCUT2D eigenvalue weighted by Crippen LogP contribution is 2.24. The zero-order chi connectivity index (χ0) is 15.5. The van der Waals surface area contributed by atoms with Gasteiger partial charge in [-0.25, -0.2) is 0 Å². The van der Waals surface area contributed by atoms with Gasteiger partial charge in [0.15, 0.2) is 0 Å². The molecule has 3 aromatic rings. The van der Waals surface area contributed by atoms with Crippen molar-refractivity contribution in [2.75, 3.05) is 11.9 Å². The van der Waals surface area contributed by atoms with E-state index >= 15 is 0 Å². The maximum atomic E-state index is 11.2. The highest BCUT2D eigenvalue weighted by molar-refractivity contribution is 6.01. The lowest BCUT2D eigenvalue weighted by atomic mass is 10.1. The molecule has 0 saturated carbocycles. The van der Waals surface area contributed by atoms with Gasteiger partial charge in [0.25, 0.3) is 0 Å². The van der Waals surface area contributed by atoms with E-state index in [1.165, 1.54) is 11.8 Å². The molecule has 2 N–H and O–H groups in total. The molecule has 3 rings (SSSR count). The van der Waals surface area contributed by atoms with Gasteiger partial charge in [-0.1, -0.05) is 6.07 Å². The Morgan fingerprint density at radius 3 is 3.05 bits per heavy atom. The molecule has 0 saturated heterocycles. The van der Waals surface area contributed by atoms with Gasteiger partial charge in [0.1, 0.15) is 6.61 Å². The smallest absolute Gasteiger partial charge is 0.221 e. The number of hydrogen-bond donors (Lipinski definition) is 2. The van der Waals surface area contributed by atoms with E-state index < -0.39 is 0 Å². The maximum absolute atomic E-state index is 11.2. The van der Waals surface area contributed by atoms with Crippen molar-refractivity contribution in [3.8, 4) is 0 Å². The fraction of sp³-hybridized carbons (Fsp3) is 0.250. The van der Waals surface area contributed by atoms with Gasteiger partial charge in [-0.05, 0) is 30.2 Å². The van der Waals surface area contributed by atoms with Crippen molar-refractivity contribution in [3.05, 3.63) is 47.9 Å². The molecule has 114 valence electrons. The molecule has 0 radical (unpaired) electrons. The number of carbonyl (C=O) groups excluding carboxylic acids is 1. The van der Waals surface area contributed by atoms with Gasteiger partial charge >= 0.3 is 0 Å². The number of carbonyl (C=O) groups is 1. The van der Waals surface area contributed by atoms with E-state index in [1.54, 1.807) is 12.4 Å². The van der Waals surface area contributed by atoms with Gasteiger partial charge in [-0.3, -0.25) is 4.79 Å². The van der Waals surface area contributed by atoms with Crippen molar-refractivity contribution in [1.82, 2.24) is 14.9 Å². The fourth-order valence-corrected chi connectivity index (χ4v) is 2.33. The second-order valence-electron chi connectivity index (χ2n) is 5.27. The molecule has 0 fully saturated rings. The largest absolute Gasteiger partial charge is 0.396 e. The van der Waals surface area contributed by atoms with Crippen LogP contribution < -0.4 is 10.2 Å². The summed E-state index contributed by atoms with van der Waals surface area (Å²) in [7, 11) is 0. The van der Waals surface area contributed by atoms with Gasteiger partial charge in [-0.15, -0.1) is 9.94 Å². The lowest BCUT2D eigenvalue weighted by molar-refractivity contribution is -0.114. The summed E-state index contributed by atoms with van der Waals surface area (Å²) in [6.45, 7) is 4.01. The zero-order valence-corrected chi connectivity index (χ0v) is 12.6. The predicted octanol–water partition coefficient (Wildman–Crippen LogP) is 2.30. The van der Waals surface area contributed by atoms with E-state index in [-0.39, 0.29) is 5.91 Å². The van der Waals surface area contributed by atoms with Gasteiger partial charge in [0, 0.05) is 30.4 Å². The lowest BCUT2D eigenvalue weighted by Crippen LogP contribution is -2.14. The Labute approximate surface area is 128 Å². The standard InChI is InChI=1S/C16H18N4O2/c1-11-8-18-20(10-11)22-6-5-13-3-4-15-14(7-13)16(9-17-15)19-12(2)21/h3-4,7-10,17H,5-6H2,1-2H3,(H,19,21). The van der Waals surface area contributed by atoms with Crippen LogP contribution in [0.15, 0.2) is 36.8 Å². The van der Waals surface area contributed by atoms with E-state index in [2.05, 4.69) is 21.5 Å². The minimum absolute atomic E-state index is 0.0799. The number of aryl methyl sites for hydroxylation is 1. The normalized spacial score (nSPS) is 10.8. The first-order valence-electron chi connectivity index (χ1n) is 7.14. The van der Waals surface area contributed by atoms with Crippen LogP contribution in [-0.4, -0.2) is 27.4 Å². The number of H-pyrrole nitrogens is 1. The van der Waals surface area contributed by atoms with Crippen LogP contribution in [0.4, 0.5) is 5.69 Å². The summed E-state index contributed by atoms with van der Waals surface area (Å²) in [5, 5.41) is 7.90. The quantitative estimate of drug-likeness (QED) is 0.759. The number of fused-ring (bicyclic) bond motifs is 1. The summed E-state index contributed by atoms with van der Waals surface area (Å²) >= 11 is 0. The summed E-state index contributed by atoms with van der Waals surface area (Å²) in [5.74, 6) is -0.0799. The van der Waals surface area contributed by atoms with Crippen molar-refractivity contribution in [3.63, 3.8) is 0 Å². The van der Waals surface area contributed by atoms with Crippen LogP contribution >= 0.6 is 0 Å². The molecular formula is C16H18N4O2. The third-order valence-electron chi connectivity index (χ3n) is 3.36. The van der Waals surface area contributed by atoms with Crippen molar-refractivity contribution in [1.29, 1.82) is 0 Å². The number of aromatic nitrogens is 3. The van der Waals surface area contributed by atoms with Gasteiger partial charge in [0.05, 0.1) is 18.1 Å². The molecule has 6 nitrogen and oxygen atoms in total. The van der Waals surface area contributed by atoms with Gasteiger partial charge in [-0.2, -0.15) is 0 Å². The van der Waals surface area contributed by atoms with Crippen molar-refractivity contribution in [2.45, 2.75) is 20.3 Å². The molecule has 0 aliphatic rings. The average Bonchev–Trinajstić information content (AvgIpc) is 3.05. The SMILES string of the molecule is CC(=O)Nc1c[nH]c2ccc(CCOn3cc(C)cn3)cc12. The minimum atomic E-state index is -0.0799. The van der Waals surface area contributed by atoms with Crippen LogP contribution in [-0.2, 0) is 11.2 Å². The summed E-state index contributed by atoms with van der Waals surface area (Å²) in [6.07, 6.45) is 6.16. The first kappa shape index (κ1) is 14.2. The second-order valence-corrected chi connectivity index (χ2v) is 5.27. The molecular weight excluding hydrogens is 280 g/mol. The molecule has 0 aliphatic carbocycles. The first-order valence-corrected chi connectivity index (χ1v) is 7.14. The molecule has 0 unspecified atom stereocenters. The summed E-state index contributed by atoms with van der Waals surface area (Å²) < 4.78 is 0. The molecule has 6 heteroatoms. The van der Waals surface area contributed by atoms with Gasteiger partial charge in [0.2, 0.25) is 5.91 Å². The Morgan fingerprint density at radius 1 is 1.45 bits per heavy atom. The van der Waals surface area contributed by atoms with E-state index in [0.717, 1.165) is 34.1 Å². The van der Waals surface area contributed by atoms with Crippen LogP contribution in [0.3, 0.4) is 0 Å². The Morgan fingerprint density at radius 2 is 2.32 bits per heavy atom. The van der Waals surface area contributed by atoms with E-state index in [9.17, 15) is 4.79 Å². The molecule has 0 bridgehead atoms. The number of anilines is 1. The number of amides is 1. The van der Waals surface area contributed by atoms with Crippen LogP contribution in [0.1, 0.15) is 18.1 Å². The average molecular weight is 298 g/mol. The zero-order valence-electron chi connectivity index (χ0n) is 12.6. The molecule has 2 aromatic heterocycles. The third-order valence-corrected chi connectivity index (χ3v) is 3.36. The van der Waals surface area contributed by atoms with Crippen LogP contribution in [0.5, 0.6) is 0 Å². The minimum Gasteiger partial charge on any atom is -0.396 e. The highest BCUT2D eigenvalue weighted by Gasteiger charge is 2.06. The van der Waals surface area contributed by atoms with Crippen LogP contribution in [0.25, 0.3) is 10.9 Å². The Hall–Kier alpha value is -2.76. The van der Waals surface area contributed by atoms with E-state index in [0.29, 0.717) is 6.61 Å². The number of aromatic amines is 1. The predicted molar refractivity (Wildman–Crippen MR) is 84.7 cm³/mol. The number of nitrogens with one attached hydrogen (secondary N) is 2. The molecule has 2 heterocycles. The van der Waals surface area contributed by atoms with Crippen molar-refractivity contribution >= 4 is 22.5 Å². The Balaban J connectivity index is 1.69. The van der Waals surface area contributed by atoms with E-state index in [1.807, 2.05) is 25.3 Å². The molecule has 1 amide bonds. The third kappa shape index (κ3) is 3.11. The number of hydrogen-bond acceptors (Lipinski definition) is 3. The number of rotatable bonds is 5. The molecule has 0 aliphatic heterocycles. The molecule has 1 aromatic carbocycles. The topological polar surface area (TPSA) is 71.9 Å². The van der Waals surface area contributed by atoms with Crippen molar-refractivity contribution in [2.24, 2.45) is 0 Å². The maximum Gasteiger partial charge on any atom is 0.221 e. The molecule has 0 spiro atoms. The van der Waals surface area contributed by atoms with E-state index in [4.69, 9.17) is 4.84 Å². The number of nitrogens with zero attached hydrogens (tertiary/aromatic N) is 2. The lowest BCUT2D eigenvalue weighted by Gasteiger charge is -2.06. The Bertz CT molecular complexity index is 803. The van der Waals surface area contributed by atoms with Crippen LogP contribution in [0.2, 0.25) is 0 Å². The Kier molecular flexibility index (Phi) is 3.82. The first-order chi connectivity index (χ1) is 10.6. The number of benzene rings is 1. The van der Waals surface area contributed by atoms with Crippen LogP contribution in [0, 0.1) is 6.92 Å². The molecule has 22 heavy (non-hydrogen) atoms. The summed E-state index contributed by atoms with van der Waals surface area (Å²) in [5.41, 5.74) is 4.00. The van der Waals surface area contributed by atoms with Crippen molar-refractivity contribution < 1.29 is 9.63 Å². The highest BCUT2D eigenvalue weighted by atomic mass is 16.7.